The van der Waals surface area contributed by atoms with Crippen LogP contribution < -0.4 is 4.90 Å². The lowest BCUT2D eigenvalue weighted by Gasteiger charge is -2.25. The molecular weight excluding hydrogens is 297 g/mol. The van der Waals surface area contributed by atoms with Gasteiger partial charge < -0.3 is 4.74 Å². The van der Waals surface area contributed by atoms with E-state index < -0.39 is 11.5 Å². The van der Waals surface area contributed by atoms with Crippen molar-refractivity contribution in [2.45, 2.75) is 32.8 Å². The van der Waals surface area contributed by atoms with Gasteiger partial charge in [-0.15, -0.1) is 5.10 Å². The number of rotatable bonds is 1. The number of benzene rings is 1. The van der Waals surface area contributed by atoms with Crippen LogP contribution in [0.15, 0.2) is 24.4 Å². The van der Waals surface area contributed by atoms with Gasteiger partial charge >= 0.3 is 6.09 Å². The van der Waals surface area contributed by atoms with Gasteiger partial charge in [0.25, 0.3) is 0 Å². The second-order valence-corrected chi connectivity index (χ2v) is 6.73. The van der Waals surface area contributed by atoms with Gasteiger partial charge in [0.1, 0.15) is 5.60 Å². The standard InChI is InChI=1S/C17H20FN3O2/c1-17(2,3)23-16(22)21-8-7-11-5-6-12(9-14(11)21)13-10-20(4)19-15(13)18/h5-6,9-10H,7-8H2,1-4H3. The first-order valence-corrected chi connectivity index (χ1v) is 7.57. The summed E-state index contributed by atoms with van der Waals surface area (Å²) in [7, 11) is 1.67. The number of aromatic nitrogens is 2. The molecule has 5 nitrogen and oxygen atoms in total. The van der Waals surface area contributed by atoms with E-state index in [9.17, 15) is 9.18 Å². The number of anilines is 1. The fourth-order valence-corrected chi connectivity index (χ4v) is 2.71. The summed E-state index contributed by atoms with van der Waals surface area (Å²) in [6, 6.07) is 5.62. The van der Waals surface area contributed by atoms with Crippen LogP contribution in [0, 0.1) is 5.95 Å². The maximum Gasteiger partial charge on any atom is 0.414 e. The third-order valence-corrected chi connectivity index (χ3v) is 3.69. The second-order valence-electron chi connectivity index (χ2n) is 6.73. The molecule has 2 heterocycles. The van der Waals surface area contributed by atoms with Gasteiger partial charge in [0.15, 0.2) is 0 Å². The van der Waals surface area contributed by atoms with E-state index in [2.05, 4.69) is 5.10 Å². The molecule has 2 aromatic rings. The first-order chi connectivity index (χ1) is 10.7. The average Bonchev–Trinajstić information content (AvgIpc) is 2.99. The Bertz CT molecular complexity index is 762. The molecule has 6 heteroatoms. The number of aryl methyl sites for hydroxylation is 1. The van der Waals surface area contributed by atoms with Crippen LogP contribution >= 0.6 is 0 Å². The lowest BCUT2D eigenvalue weighted by atomic mass is 10.0. The second kappa shape index (κ2) is 5.37. The van der Waals surface area contributed by atoms with Crippen molar-refractivity contribution in [3.63, 3.8) is 0 Å². The van der Waals surface area contributed by atoms with Gasteiger partial charge in [-0.3, -0.25) is 9.58 Å². The quantitative estimate of drug-likeness (QED) is 0.808. The van der Waals surface area contributed by atoms with Crippen molar-refractivity contribution >= 4 is 11.8 Å². The smallest absolute Gasteiger partial charge is 0.414 e. The highest BCUT2D eigenvalue weighted by atomic mass is 19.1. The Labute approximate surface area is 134 Å². The Balaban J connectivity index is 1.94. The predicted octanol–water partition coefficient (Wildman–Crippen LogP) is 3.52. The lowest BCUT2D eigenvalue weighted by molar-refractivity contribution is 0.0584. The van der Waals surface area contributed by atoms with Gasteiger partial charge in [-0.05, 0) is 44.4 Å². The summed E-state index contributed by atoms with van der Waals surface area (Å²) < 4.78 is 20.8. The van der Waals surface area contributed by atoms with Crippen molar-refractivity contribution in [1.82, 2.24) is 9.78 Å². The zero-order valence-electron chi connectivity index (χ0n) is 13.8. The fraction of sp³-hybridized carbons (Fsp3) is 0.412. The molecule has 1 aromatic heterocycles. The lowest BCUT2D eigenvalue weighted by Crippen LogP contribution is -2.35. The van der Waals surface area contributed by atoms with E-state index in [1.54, 1.807) is 18.1 Å². The van der Waals surface area contributed by atoms with Crippen LogP contribution in [0.25, 0.3) is 11.1 Å². The van der Waals surface area contributed by atoms with Gasteiger partial charge in [-0.25, -0.2) is 4.79 Å². The Kier molecular flexibility index (Phi) is 3.62. The van der Waals surface area contributed by atoms with Crippen molar-refractivity contribution in [2.24, 2.45) is 7.05 Å². The summed E-state index contributed by atoms with van der Waals surface area (Å²) in [5.41, 5.74) is 2.41. The van der Waals surface area contributed by atoms with E-state index in [0.717, 1.165) is 17.7 Å². The number of hydrogen-bond acceptors (Lipinski definition) is 3. The Morgan fingerprint density at radius 1 is 1.35 bits per heavy atom. The molecule has 0 saturated heterocycles. The van der Waals surface area contributed by atoms with Crippen LogP contribution in [-0.2, 0) is 18.2 Å². The predicted molar refractivity (Wildman–Crippen MR) is 85.9 cm³/mol. The first kappa shape index (κ1) is 15.5. The van der Waals surface area contributed by atoms with Gasteiger partial charge in [0, 0.05) is 19.8 Å². The van der Waals surface area contributed by atoms with Crippen LogP contribution in [-0.4, -0.2) is 28.0 Å². The molecule has 23 heavy (non-hydrogen) atoms. The molecule has 1 amide bonds. The molecule has 0 aliphatic carbocycles. The van der Waals surface area contributed by atoms with E-state index in [1.165, 1.54) is 4.68 Å². The van der Waals surface area contributed by atoms with Crippen LogP contribution in [0.3, 0.4) is 0 Å². The van der Waals surface area contributed by atoms with Crippen molar-refractivity contribution in [3.05, 3.63) is 35.9 Å². The number of carbonyl (C=O) groups excluding carboxylic acids is 1. The fourth-order valence-electron chi connectivity index (χ4n) is 2.71. The Hall–Kier alpha value is -2.37. The van der Waals surface area contributed by atoms with Crippen LogP contribution in [0.5, 0.6) is 0 Å². The van der Waals surface area contributed by atoms with Crippen molar-refractivity contribution in [1.29, 1.82) is 0 Å². The number of hydrogen-bond donors (Lipinski definition) is 0. The summed E-state index contributed by atoms with van der Waals surface area (Å²) in [5, 5.41) is 3.73. The van der Waals surface area contributed by atoms with Crippen molar-refractivity contribution < 1.29 is 13.9 Å². The molecule has 1 aliphatic heterocycles. The van der Waals surface area contributed by atoms with Gasteiger partial charge in [-0.1, -0.05) is 12.1 Å². The molecule has 0 spiro atoms. The van der Waals surface area contributed by atoms with E-state index in [4.69, 9.17) is 4.74 Å². The third kappa shape index (κ3) is 3.06. The minimum Gasteiger partial charge on any atom is -0.443 e. The largest absolute Gasteiger partial charge is 0.443 e. The molecule has 1 aliphatic rings. The highest BCUT2D eigenvalue weighted by Crippen LogP contribution is 2.34. The highest BCUT2D eigenvalue weighted by Gasteiger charge is 2.29. The molecule has 0 saturated carbocycles. The number of nitrogens with zero attached hydrogens (tertiary/aromatic N) is 3. The van der Waals surface area contributed by atoms with Crippen LogP contribution in [0.1, 0.15) is 26.3 Å². The van der Waals surface area contributed by atoms with E-state index >= 15 is 0 Å². The SMILES string of the molecule is Cn1cc(-c2ccc3c(c2)N(C(=O)OC(C)(C)C)CC3)c(F)n1. The highest BCUT2D eigenvalue weighted by molar-refractivity contribution is 5.91. The number of halogens is 1. The summed E-state index contributed by atoms with van der Waals surface area (Å²) in [5.74, 6) is -0.519. The third-order valence-electron chi connectivity index (χ3n) is 3.69. The van der Waals surface area contributed by atoms with Crippen molar-refractivity contribution in [3.8, 4) is 11.1 Å². The molecule has 1 aromatic carbocycles. The monoisotopic (exact) mass is 317 g/mol. The minimum absolute atomic E-state index is 0.375. The Morgan fingerprint density at radius 3 is 2.70 bits per heavy atom. The number of carbonyl (C=O) groups is 1. The molecule has 0 radical (unpaired) electrons. The van der Waals surface area contributed by atoms with Crippen LogP contribution in [0.2, 0.25) is 0 Å². The average molecular weight is 317 g/mol. The molecule has 0 fully saturated rings. The van der Waals surface area contributed by atoms with E-state index in [1.807, 2.05) is 39.0 Å². The number of ether oxygens (including phenoxy) is 1. The number of fused-ring (bicyclic) bond motifs is 1. The molecule has 122 valence electrons. The van der Waals surface area contributed by atoms with Gasteiger partial charge in [-0.2, -0.15) is 4.39 Å². The van der Waals surface area contributed by atoms with Gasteiger partial charge in [0.2, 0.25) is 5.95 Å². The zero-order valence-corrected chi connectivity index (χ0v) is 13.8. The maximum atomic E-state index is 13.9. The molecular formula is C17H20FN3O2. The van der Waals surface area contributed by atoms with E-state index in [0.29, 0.717) is 17.7 Å². The molecule has 0 N–H and O–H groups in total. The van der Waals surface area contributed by atoms with Gasteiger partial charge in [0.05, 0.1) is 11.3 Å². The Morgan fingerprint density at radius 2 is 2.09 bits per heavy atom. The molecule has 3 rings (SSSR count). The topological polar surface area (TPSA) is 47.4 Å². The minimum atomic E-state index is -0.549. The summed E-state index contributed by atoms with van der Waals surface area (Å²) in [6.45, 7) is 6.08. The summed E-state index contributed by atoms with van der Waals surface area (Å²) in [4.78, 5) is 14.0. The number of amides is 1. The van der Waals surface area contributed by atoms with Crippen molar-refractivity contribution in [2.75, 3.05) is 11.4 Å². The van der Waals surface area contributed by atoms with E-state index in [-0.39, 0.29) is 6.09 Å². The summed E-state index contributed by atoms with van der Waals surface area (Å²) in [6.07, 6.45) is 2.02. The maximum absolute atomic E-state index is 13.9. The van der Waals surface area contributed by atoms with Crippen LogP contribution in [0.4, 0.5) is 14.9 Å². The molecule has 0 unspecified atom stereocenters. The summed E-state index contributed by atoms with van der Waals surface area (Å²) >= 11 is 0. The molecule has 0 bridgehead atoms. The molecule has 0 atom stereocenters. The zero-order chi connectivity index (χ0) is 16.8. The first-order valence-electron chi connectivity index (χ1n) is 7.57. The normalized spacial score (nSPS) is 14.0.